The fourth-order valence-corrected chi connectivity index (χ4v) is 2.99. The van der Waals surface area contributed by atoms with Gasteiger partial charge < -0.3 is 9.84 Å². The van der Waals surface area contributed by atoms with Crippen molar-refractivity contribution in [3.8, 4) is 22.8 Å². The van der Waals surface area contributed by atoms with Crippen LogP contribution < -0.4 is 5.32 Å². The summed E-state index contributed by atoms with van der Waals surface area (Å²) in [4.78, 5) is 8.99. The van der Waals surface area contributed by atoms with Gasteiger partial charge >= 0.3 is 0 Å². The zero-order valence-electron chi connectivity index (χ0n) is 12.8. The van der Waals surface area contributed by atoms with Gasteiger partial charge in [-0.2, -0.15) is 4.98 Å². The number of nitrogens with one attached hydrogen (secondary N) is 1. The third-order valence-corrected chi connectivity index (χ3v) is 4.19. The van der Waals surface area contributed by atoms with E-state index in [4.69, 9.17) is 4.52 Å². The Labute approximate surface area is 134 Å². The highest BCUT2D eigenvalue weighted by Gasteiger charge is 2.19. The molecule has 1 fully saturated rings. The molecule has 2 aromatic heterocycles. The minimum absolute atomic E-state index is 0.486. The highest BCUT2D eigenvalue weighted by Crippen LogP contribution is 2.29. The minimum atomic E-state index is 0.486. The van der Waals surface area contributed by atoms with E-state index in [2.05, 4.69) is 20.4 Å². The Balaban J connectivity index is 1.64. The van der Waals surface area contributed by atoms with Crippen molar-refractivity contribution in [2.45, 2.75) is 31.7 Å². The van der Waals surface area contributed by atoms with Crippen molar-refractivity contribution in [2.24, 2.45) is 0 Å². The van der Waals surface area contributed by atoms with Crippen LogP contribution in [0.25, 0.3) is 22.8 Å². The van der Waals surface area contributed by atoms with E-state index < -0.39 is 0 Å². The molecule has 2 heterocycles. The van der Waals surface area contributed by atoms with Gasteiger partial charge in [-0.1, -0.05) is 48.3 Å². The van der Waals surface area contributed by atoms with Gasteiger partial charge in [-0.3, -0.25) is 0 Å². The van der Waals surface area contributed by atoms with Crippen molar-refractivity contribution >= 4 is 5.82 Å². The number of aromatic nitrogens is 3. The molecule has 0 spiro atoms. The van der Waals surface area contributed by atoms with Crippen LogP contribution in [0, 0.1) is 0 Å². The molecule has 0 bridgehead atoms. The lowest BCUT2D eigenvalue weighted by atomic mass is 10.2. The van der Waals surface area contributed by atoms with E-state index in [9.17, 15) is 0 Å². The van der Waals surface area contributed by atoms with Crippen LogP contribution in [-0.4, -0.2) is 21.2 Å². The van der Waals surface area contributed by atoms with Crippen LogP contribution in [0.1, 0.15) is 25.7 Å². The molecule has 0 unspecified atom stereocenters. The largest absolute Gasteiger partial charge is 0.367 e. The number of hydrogen-bond acceptors (Lipinski definition) is 5. The molecule has 4 rings (SSSR count). The van der Waals surface area contributed by atoms with Crippen molar-refractivity contribution in [1.29, 1.82) is 0 Å². The number of pyridine rings is 1. The van der Waals surface area contributed by atoms with Gasteiger partial charge in [0.2, 0.25) is 5.82 Å². The summed E-state index contributed by atoms with van der Waals surface area (Å²) in [6.07, 6.45) is 6.72. The minimum Gasteiger partial charge on any atom is -0.367 e. The summed E-state index contributed by atoms with van der Waals surface area (Å²) >= 11 is 0. The number of nitrogens with zero attached hydrogens (tertiary/aromatic N) is 3. The molecule has 0 atom stereocenters. The lowest BCUT2D eigenvalue weighted by Gasteiger charge is -2.14. The molecule has 1 aromatic carbocycles. The summed E-state index contributed by atoms with van der Waals surface area (Å²) in [5.41, 5.74) is 1.80. The second-order valence-electron chi connectivity index (χ2n) is 5.81. The van der Waals surface area contributed by atoms with Crippen LogP contribution >= 0.6 is 0 Å². The summed E-state index contributed by atoms with van der Waals surface area (Å²) in [7, 11) is 0. The summed E-state index contributed by atoms with van der Waals surface area (Å²) in [6.45, 7) is 0. The summed E-state index contributed by atoms with van der Waals surface area (Å²) < 4.78 is 5.47. The first kappa shape index (κ1) is 13.9. The van der Waals surface area contributed by atoms with Gasteiger partial charge in [0.05, 0.1) is 5.56 Å². The van der Waals surface area contributed by atoms with Crippen LogP contribution in [0.4, 0.5) is 5.82 Å². The molecule has 1 aliphatic carbocycles. The van der Waals surface area contributed by atoms with E-state index in [1.807, 2.05) is 42.5 Å². The van der Waals surface area contributed by atoms with E-state index in [1.165, 1.54) is 25.7 Å². The Morgan fingerprint density at radius 2 is 1.83 bits per heavy atom. The average Bonchev–Trinajstić information content (AvgIpc) is 3.28. The van der Waals surface area contributed by atoms with Crippen molar-refractivity contribution in [2.75, 3.05) is 5.32 Å². The van der Waals surface area contributed by atoms with Crippen molar-refractivity contribution < 1.29 is 4.52 Å². The molecule has 0 amide bonds. The normalized spacial score (nSPS) is 15.0. The number of benzene rings is 1. The second-order valence-corrected chi connectivity index (χ2v) is 5.81. The molecule has 3 aromatic rings. The smallest absolute Gasteiger partial charge is 0.261 e. The molecule has 1 saturated carbocycles. The molecule has 5 nitrogen and oxygen atoms in total. The zero-order chi connectivity index (χ0) is 15.5. The van der Waals surface area contributed by atoms with Gasteiger partial charge in [0, 0.05) is 17.8 Å². The summed E-state index contributed by atoms with van der Waals surface area (Å²) in [6, 6.07) is 14.2. The van der Waals surface area contributed by atoms with Gasteiger partial charge in [-0.05, 0) is 25.0 Å². The van der Waals surface area contributed by atoms with Crippen LogP contribution in [0.3, 0.4) is 0 Å². The van der Waals surface area contributed by atoms with Crippen LogP contribution in [0.2, 0.25) is 0 Å². The number of rotatable bonds is 4. The van der Waals surface area contributed by atoms with Gasteiger partial charge in [0.15, 0.2) is 0 Å². The fraction of sp³-hybridized carbons (Fsp3) is 0.278. The third kappa shape index (κ3) is 2.95. The number of hydrogen-bond donors (Lipinski definition) is 1. The van der Waals surface area contributed by atoms with Gasteiger partial charge in [0.1, 0.15) is 5.82 Å². The highest BCUT2D eigenvalue weighted by atomic mass is 16.5. The van der Waals surface area contributed by atoms with E-state index in [1.54, 1.807) is 6.20 Å². The summed E-state index contributed by atoms with van der Waals surface area (Å²) in [5, 5.41) is 7.61. The van der Waals surface area contributed by atoms with Crippen LogP contribution in [0.15, 0.2) is 53.2 Å². The Morgan fingerprint density at radius 1 is 1.00 bits per heavy atom. The van der Waals surface area contributed by atoms with Gasteiger partial charge in [-0.25, -0.2) is 4.98 Å². The van der Waals surface area contributed by atoms with E-state index in [0.29, 0.717) is 17.8 Å². The first-order valence-corrected chi connectivity index (χ1v) is 8.01. The zero-order valence-corrected chi connectivity index (χ0v) is 12.8. The molecule has 1 N–H and O–H groups in total. The molecule has 5 heteroatoms. The molecule has 116 valence electrons. The van der Waals surface area contributed by atoms with E-state index >= 15 is 0 Å². The first-order valence-electron chi connectivity index (χ1n) is 8.01. The standard InChI is InChI=1S/C18H18N4O/c1-2-7-13(8-3-1)16-21-18(23-22-16)15-11-6-12-19-17(15)20-14-9-4-5-10-14/h1-3,6-8,11-12,14H,4-5,9-10H2,(H,19,20). The maximum absolute atomic E-state index is 5.47. The van der Waals surface area contributed by atoms with Crippen molar-refractivity contribution in [3.63, 3.8) is 0 Å². The Morgan fingerprint density at radius 3 is 2.65 bits per heavy atom. The van der Waals surface area contributed by atoms with Gasteiger partial charge in [-0.15, -0.1) is 0 Å². The van der Waals surface area contributed by atoms with Crippen molar-refractivity contribution in [3.05, 3.63) is 48.7 Å². The van der Waals surface area contributed by atoms with Crippen LogP contribution in [-0.2, 0) is 0 Å². The first-order chi connectivity index (χ1) is 11.4. The molecular formula is C18H18N4O. The summed E-state index contributed by atoms with van der Waals surface area (Å²) in [5.74, 6) is 1.91. The topological polar surface area (TPSA) is 63.8 Å². The van der Waals surface area contributed by atoms with Crippen LogP contribution in [0.5, 0.6) is 0 Å². The fourth-order valence-electron chi connectivity index (χ4n) is 2.99. The van der Waals surface area contributed by atoms with Gasteiger partial charge in [0.25, 0.3) is 5.89 Å². The van der Waals surface area contributed by atoms with E-state index in [-0.39, 0.29) is 0 Å². The third-order valence-electron chi connectivity index (χ3n) is 4.19. The quantitative estimate of drug-likeness (QED) is 0.784. The Bertz CT molecular complexity index is 778. The predicted molar refractivity (Wildman–Crippen MR) is 88.8 cm³/mol. The average molecular weight is 306 g/mol. The second kappa shape index (κ2) is 6.20. The molecule has 0 radical (unpaired) electrons. The lowest BCUT2D eigenvalue weighted by Crippen LogP contribution is -2.16. The lowest BCUT2D eigenvalue weighted by molar-refractivity contribution is 0.432. The van der Waals surface area contributed by atoms with E-state index in [0.717, 1.165) is 16.9 Å². The molecular weight excluding hydrogens is 288 g/mol. The highest BCUT2D eigenvalue weighted by molar-refractivity contribution is 5.70. The monoisotopic (exact) mass is 306 g/mol. The molecule has 23 heavy (non-hydrogen) atoms. The number of anilines is 1. The molecule has 0 aliphatic heterocycles. The predicted octanol–water partition coefficient (Wildman–Crippen LogP) is 4.15. The maximum atomic E-state index is 5.47. The Hall–Kier alpha value is -2.69. The maximum Gasteiger partial charge on any atom is 0.261 e. The molecule has 0 saturated heterocycles. The Kier molecular flexibility index (Phi) is 3.76. The molecule has 1 aliphatic rings. The SMILES string of the molecule is c1ccc(-c2noc(-c3cccnc3NC3CCCC3)n2)cc1. The van der Waals surface area contributed by atoms with Crippen molar-refractivity contribution in [1.82, 2.24) is 15.1 Å².